The molecule has 4 nitrogen and oxygen atoms in total. The molecule has 2 aromatic rings. The first-order valence-corrected chi connectivity index (χ1v) is 10.9. The largest absolute Gasteiger partial charge is 0.490 e. The van der Waals surface area contributed by atoms with Crippen LogP contribution in [0.4, 0.5) is 0 Å². The second-order valence-electron chi connectivity index (χ2n) is 6.82. The second-order valence-corrected chi connectivity index (χ2v) is 7.67. The first kappa shape index (κ1) is 22.7. The molecule has 0 bridgehead atoms. The molecular weight excluding hydrogens is 416 g/mol. The Bertz CT molecular complexity index is 715. The van der Waals surface area contributed by atoms with Gasteiger partial charge < -0.3 is 19.7 Å². The van der Waals surface area contributed by atoms with Crippen molar-refractivity contribution < 1.29 is 9.47 Å². The maximum atomic E-state index is 6.09. The lowest BCUT2D eigenvalue weighted by atomic mass is 10.1. The van der Waals surface area contributed by atoms with Gasteiger partial charge in [0, 0.05) is 19.6 Å². The van der Waals surface area contributed by atoms with E-state index in [1.807, 2.05) is 6.92 Å². The standard InChI is InChI=1S/C23H33BrN2O2/c1-5-26(6-2)13-12-25-16-20-14-21(24)23(22(15-20)27-7-3)28-17-19-10-8-18(4)9-11-19/h8-11,14-15,25H,5-7,12-13,16-17H2,1-4H3. The van der Waals surface area contributed by atoms with Gasteiger partial charge in [0.25, 0.3) is 0 Å². The number of rotatable bonds is 12. The Morgan fingerprint density at radius 3 is 2.32 bits per heavy atom. The van der Waals surface area contributed by atoms with Gasteiger partial charge in [-0.25, -0.2) is 0 Å². The van der Waals surface area contributed by atoms with Gasteiger partial charge in [-0.1, -0.05) is 43.7 Å². The fourth-order valence-electron chi connectivity index (χ4n) is 2.98. The van der Waals surface area contributed by atoms with Crippen LogP contribution in [0.25, 0.3) is 0 Å². The zero-order valence-electron chi connectivity index (χ0n) is 17.6. The number of nitrogens with one attached hydrogen (secondary N) is 1. The summed E-state index contributed by atoms with van der Waals surface area (Å²) in [6.45, 7) is 14.6. The van der Waals surface area contributed by atoms with Gasteiger partial charge in [-0.15, -0.1) is 0 Å². The number of ether oxygens (including phenoxy) is 2. The van der Waals surface area contributed by atoms with Crippen LogP contribution in [0.3, 0.4) is 0 Å². The molecule has 28 heavy (non-hydrogen) atoms. The zero-order chi connectivity index (χ0) is 20.4. The minimum absolute atomic E-state index is 0.514. The average Bonchev–Trinajstić information content (AvgIpc) is 2.69. The van der Waals surface area contributed by atoms with Gasteiger partial charge in [-0.05, 0) is 66.1 Å². The van der Waals surface area contributed by atoms with Gasteiger partial charge in [0.05, 0.1) is 11.1 Å². The highest BCUT2D eigenvalue weighted by Gasteiger charge is 2.13. The third-order valence-electron chi connectivity index (χ3n) is 4.70. The Balaban J connectivity index is 2.00. The van der Waals surface area contributed by atoms with Crippen LogP contribution in [0.2, 0.25) is 0 Å². The molecule has 154 valence electrons. The van der Waals surface area contributed by atoms with Crippen molar-refractivity contribution in [2.75, 3.05) is 32.8 Å². The van der Waals surface area contributed by atoms with Gasteiger partial charge in [-0.2, -0.15) is 0 Å². The molecule has 0 aliphatic heterocycles. The number of nitrogens with zero attached hydrogens (tertiary/aromatic N) is 1. The minimum atomic E-state index is 0.514. The van der Waals surface area contributed by atoms with Gasteiger partial charge in [0.1, 0.15) is 6.61 Å². The molecule has 0 heterocycles. The van der Waals surface area contributed by atoms with Crippen LogP contribution in [-0.4, -0.2) is 37.7 Å². The van der Waals surface area contributed by atoms with Crippen LogP contribution in [0.1, 0.15) is 37.5 Å². The molecule has 1 N–H and O–H groups in total. The molecule has 0 fully saturated rings. The highest BCUT2D eigenvalue weighted by atomic mass is 79.9. The van der Waals surface area contributed by atoms with Crippen molar-refractivity contribution in [3.63, 3.8) is 0 Å². The van der Waals surface area contributed by atoms with Crippen molar-refractivity contribution >= 4 is 15.9 Å². The number of hydrogen-bond donors (Lipinski definition) is 1. The molecule has 0 unspecified atom stereocenters. The minimum Gasteiger partial charge on any atom is -0.490 e. The normalized spacial score (nSPS) is 11.1. The lowest BCUT2D eigenvalue weighted by molar-refractivity contribution is 0.267. The average molecular weight is 449 g/mol. The summed E-state index contributed by atoms with van der Waals surface area (Å²) < 4.78 is 12.9. The summed E-state index contributed by atoms with van der Waals surface area (Å²) >= 11 is 3.67. The van der Waals surface area contributed by atoms with Crippen LogP contribution in [0.5, 0.6) is 11.5 Å². The lowest BCUT2D eigenvalue weighted by Crippen LogP contribution is -2.31. The van der Waals surface area contributed by atoms with E-state index >= 15 is 0 Å². The van der Waals surface area contributed by atoms with Crippen molar-refractivity contribution in [2.24, 2.45) is 0 Å². The van der Waals surface area contributed by atoms with Crippen molar-refractivity contribution in [3.8, 4) is 11.5 Å². The summed E-state index contributed by atoms with van der Waals surface area (Å²) in [7, 11) is 0. The number of aryl methyl sites for hydroxylation is 1. The zero-order valence-corrected chi connectivity index (χ0v) is 19.1. The van der Waals surface area contributed by atoms with Crippen LogP contribution < -0.4 is 14.8 Å². The molecular formula is C23H33BrN2O2. The van der Waals surface area contributed by atoms with E-state index in [-0.39, 0.29) is 0 Å². The maximum Gasteiger partial charge on any atom is 0.175 e. The number of benzene rings is 2. The Kier molecular flexibility index (Phi) is 9.82. The summed E-state index contributed by atoms with van der Waals surface area (Å²) in [5, 5.41) is 3.52. The van der Waals surface area contributed by atoms with Gasteiger partial charge >= 0.3 is 0 Å². The molecule has 0 spiro atoms. The molecule has 5 heteroatoms. The van der Waals surface area contributed by atoms with E-state index in [9.17, 15) is 0 Å². The quantitative estimate of drug-likeness (QED) is 0.454. The first-order valence-electron chi connectivity index (χ1n) is 10.1. The second kappa shape index (κ2) is 12.1. The fraction of sp³-hybridized carbons (Fsp3) is 0.478. The van der Waals surface area contributed by atoms with Crippen molar-refractivity contribution in [3.05, 3.63) is 57.6 Å². The Hall–Kier alpha value is -1.56. The van der Waals surface area contributed by atoms with E-state index in [0.717, 1.165) is 54.3 Å². The summed E-state index contributed by atoms with van der Waals surface area (Å²) in [5.41, 5.74) is 3.57. The molecule has 0 saturated carbocycles. The summed E-state index contributed by atoms with van der Waals surface area (Å²) in [6.07, 6.45) is 0. The molecule has 0 aromatic heterocycles. The van der Waals surface area contributed by atoms with Crippen LogP contribution in [0.15, 0.2) is 40.9 Å². The van der Waals surface area contributed by atoms with Crippen molar-refractivity contribution in [1.82, 2.24) is 10.2 Å². The van der Waals surface area contributed by atoms with E-state index in [1.54, 1.807) is 0 Å². The SMILES string of the molecule is CCOc1cc(CNCCN(CC)CC)cc(Br)c1OCc1ccc(C)cc1. The topological polar surface area (TPSA) is 33.7 Å². The lowest BCUT2D eigenvalue weighted by Gasteiger charge is -2.19. The Labute approximate surface area is 178 Å². The van der Waals surface area contributed by atoms with Crippen molar-refractivity contribution in [1.29, 1.82) is 0 Å². The fourth-order valence-corrected chi connectivity index (χ4v) is 3.58. The van der Waals surface area contributed by atoms with Gasteiger partial charge in [0.15, 0.2) is 11.5 Å². The molecule has 0 amide bonds. The smallest absolute Gasteiger partial charge is 0.175 e. The molecule has 2 rings (SSSR count). The molecule has 0 radical (unpaired) electrons. The van der Waals surface area contributed by atoms with Crippen LogP contribution >= 0.6 is 15.9 Å². The van der Waals surface area contributed by atoms with E-state index in [0.29, 0.717) is 13.2 Å². The predicted molar refractivity (Wildman–Crippen MR) is 120 cm³/mol. The third kappa shape index (κ3) is 7.12. The van der Waals surface area contributed by atoms with E-state index in [4.69, 9.17) is 9.47 Å². The monoisotopic (exact) mass is 448 g/mol. The molecule has 0 aliphatic carbocycles. The van der Waals surface area contributed by atoms with Crippen molar-refractivity contribution in [2.45, 2.75) is 40.8 Å². The number of likely N-dealkylation sites (N-methyl/N-ethyl adjacent to an activating group) is 1. The first-order chi connectivity index (χ1) is 13.6. The number of hydrogen-bond acceptors (Lipinski definition) is 4. The van der Waals surface area contributed by atoms with Gasteiger partial charge in [-0.3, -0.25) is 0 Å². The Morgan fingerprint density at radius 2 is 1.68 bits per heavy atom. The van der Waals surface area contributed by atoms with E-state index in [1.165, 1.54) is 11.1 Å². The molecule has 0 aliphatic rings. The van der Waals surface area contributed by atoms with Gasteiger partial charge in [0.2, 0.25) is 0 Å². The summed E-state index contributed by atoms with van der Waals surface area (Å²) in [4.78, 5) is 2.41. The van der Waals surface area contributed by atoms with Crippen LogP contribution in [-0.2, 0) is 13.2 Å². The highest BCUT2D eigenvalue weighted by molar-refractivity contribution is 9.10. The summed E-state index contributed by atoms with van der Waals surface area (Å²) in [6, 6.07) is 12.6. The summed E-state index contributed by atoms with van der Waals surface area (Å²) in [5.74, 6) is 1.54. The third-order valence-corrected chi connectivity index (χ3v) is 5.29. The predicted octanol–water partition coefficient (Wildman–Crippen LogP) is 5.17. The molecule has 2 aromatic carbocycles. The maximum absolute atomic E-state index is 6.09. The Morgan fingerprint density at radius 1 is 0.964 bits per heavy atom. The molecule has 0 atom stereocenters. The highest BCUT2D eigenvalue weighted by Crippen LogP contribution is 2.37. The molecule has 0 saturated heterocycles. The van der Waals surface area contributed by atoms with Crippen LogP contribution in [0, 0.1) is 6.92 Å². The number of halogens is 1. The van der Waals surface area contributed by atoms with E-state index in [2.05, 4.69) is 83.3 Å². The van der Waals surface area contributed by atoms with E-state index < -0.39 is 0 Å².